The molecule has 41 heavy (non-hydrogen) atoms. The van der Waals surface area contributed by atoms with Crippen LogP contribution in [0.25, 0.3) is 11.0 Å². The monoisotopic (exact) mass is 579 g/mol. The summed E-state index contributed by atoms with van der Waals surface area (Å²) >= 11 is 1.57. The summed E-state index contributed by atoms with van der Waals surface area (Å²) in [5.41, 5.74) is 1.58. The number of allylic oxidation sites excluding steroid dienone is 1. The fourth-order valence-electron chi connectivity index (χ4n) is 6.76. The molecule has 1 spiro atoms. The van der Waals surface area contributed by atoms with Gasteiger partial charge in [-0.15, -0.1) is 16.9 Å². The third kappa shape index (κ3) is 5.07. The number of ether oxygens (including phenoxy) is 1. The standard InChI is InChI=1S/C30H37N5O5S/c36-18-9-3-2-8-17-34-26-28(38)33(20-35-22-13-7-6-12-21(22)31-32-35)16-11-15-30(26)25(27(34)37)24-23(41-30)14-5-1-4-10-19-40-29(24)39/h5-7,11-15,23-26,36H,1-4,8-10,16-20H2/b14-5-/t23-,24+,25+,26?,30+/m1/s1. The Morgan fingerprint density at radius 3 is 2.78 bits per heavy atom. The number of rotatable bonds is 8. The topological polar surface area (TPSA) is 118 Å². The van der Waals surface area contributed by atoms with Crippen molar-refractivity contribution in [2.75, 3.05) is 26.3 Å². The molecule has 5 atom stereocenters. The van der Waals surface area contributed by atoms with Gasteiger partial charge in [0, 0.05) is 24.9 Å². The average Bonchev–Trinajstić information content (AvgIpc) is 3.57. The third-order valence-electron chi connectivity index (χ3n) is 8.72. The summed E-state index contributed by atoms with van der Waals surface area (Å²) in [6.07, 6.45) is 13.9. The quantitative estimate of drug-likeness (QED) is 0.288. The van der Waals surface area contributed by atoms with Crippen LogP contribution in [0.3, 0.4) is 0 Å². The van der Waals surface area contributed by atoms with E-state index in [-0.39, 0.29) is 36.3 Å². The van der Waals surface area contributed by atoms with Crippen molar-refractivity contribution in [3.05, 3.63) is 48.6 Å². The highest BCUT2D eigenvalue weighted by molar-refractivity contribution is 8.02. The van der Waals surface area contributed by atoms with E-state index in [9.17, 15) is 19.5 Å². The molecule has 11 heteroatoms. The number of carbonyl (C=O) groups excluding carboxylic acids is 3. The van der Waals surface area contributed by atoms with Gasteiger partial charge in [-0.1, -0.05) is 54.5 Å². The van der Waals surface area contributed by atoms with E-state index < -0.39 is 22.6 Å². The number of amides is 2. The van der Waals surface area contributed by atoms with Crippen molar-refractivity contribution in [3.8, 4) is 0 Å². The van der Waals surface area contributed by atoms with Crippen LogP contribution in [0, 0.1) is 11.8 Å². The maximum absolute atomic E-state index is 14.5. The summed E-state index contributed by atoms with van der Waals surface area (Å²) in [5.74, 6) is -1.96. The number of esters is 1. The van der Waals surface area contributed by atoms with Gasteiger partial charge in [-0.3, -0.25) is 14.4 Å². The molecule has 1 unspecified atom stereocenters. The Kier molecular flexibility index (Phi) is 8.16. The van der Waals surface area contributed by atoms with E-state index in [4.69, 9.17) is 4.74 Å². The highest BCUT2D eigenvalue weighted by Gasteiger charge is 2.70. The third-order valence-corrected chi connectivity index (χ3v) is 10.5. The number of benzene rings is 1. The zero-order valence-electron chi connectivity index (χ0n) is 23.1. The first-order valence-electron chi connectivity index (χ1n) is 14.7. The van der Waals surface area contributed by atoms with Gasteiger partial charge in [0.05, 0.1) is 28.7 Å². The smallest absolute Gasteiger partial charge is 0.311 e. The molecule has 4 aliphatic rings. The van der Waals surface area contributed by atoms with E-state index in [0.29, 0.717) is 26.1 Å². The minimum atomic E-state index is -0.870. The van der Waals surface area contributed by atoms with Gasteiger partial charge in [0.25, 0.3) is 0 Å². The molecule has 1 aromatic carbocycles. The predicted octanol–water partition coefficient (Wildman–Crippen LogP) is 2.92. The van der Waals surface area contributed by atoms with E-state index in [2.05, 4.69) is 22.5 Å². The average molecular weight is 580 g/mol. The molecule has 0 bridgehead atoms. The molecule has 218 valence electrons. The summed E-state index contributed by atoms with van der Waals surface area (Å²) in [6, 6.07) is 6.89. The zero-order chi connectivity index (χ0) is 28.4. The van der Waals surface area contributed by atoms with Gasteiger partial charge >= 0.3 is 5.97 Å². The molecule has 4 aliphatic heterocycles. The first-order chi connectivity index (χ1) is 20.0. The number of nitrogens with zero attached hydrogens (tertiary/aromatic N) is 5. The second kappa shape index (κ2) is 12.0. The Bertz CT molecular complexity index is 1360. The van der Waals surface area contributed by atoms with Crippen LogP contribution in [0.15, 0.2) is 48.6 Å². The van der Waals surface area contributed by atoms with E-state index in [1.807, 2.05) is 36.4 Å². The lowest BCUT2D eigenvalue weighted by atomic mass is 9.78. The first kappa shape index (κ1) is 28.0. The van der Waals surface area contributed by atoms with Gasteiger partial charge in [0.2, 0.25) is 11.8 Å². The number of para-hydroxylation sites is 1. The molecule has 5 heterocycles. The fourth-order valence-corrected chi connectivity index (χ4v) is 8.76. The number of fused-ring (bicyclic) bond motifs is 3. The largest absolute Gasteiger partial charge is 0.465 e. The number of carbonyl (C=O) groups is 3. The molecule has 1 N–H and O–H groups in total. The van der Waals surface area contributed by atoms with Crippen LogP contribution in [0.1, 0.15) is 44.9 Å². The van der Waals surface area contributed by atoms with Gasteiger partial charge in [-0.05, 0) is 44.2 Å². The van der Waals surface area contributed by atoms with Crippen molar-refractivity contribution in [2.24, 2.45) is 11.8 Å². The number of aromatic nitrogens is 3. The Morgan fingerprint density at radius 2 is 1.90 bits per heavy atom. The van der Waals surface area contributed by atoms with Crippen molar-refractivity contribution in [3.63, 3.8) is 0 Å². The van der Waals surface area contributed by atoms with Gasteiger partial charge in [0.1, 0.15) is 18.2 Å². The molecule has 10 nitrogen and oxygen atoms in total. The van der Waals surface area contributed by atoms with Crippen LogP contribution in [0.2, 0.25) is 0 Å². The molecule has 0 saturated carbocycles. The number of unbranched alkanes of at least 4 members (excludes halogenated alkanes) is 3. The minimum Gasteiger partial charge on any atom is -0.465 e. The summed E-state index contributed by atoms with van der Waals surface area (Å²) in [6.45, 7) is 1.49. The van der Waals surface area contributed by atoms with Crippen molar-refractivity contribution in [1.82, 2.24) is 24.8 Å². The highest BCUT2D eigenvalue weighted by atomic mass is 32.2. The Balaban J connectivity index is 1.35. The number of thioether (sulfide) groups is 1. The van der Waals surface area contributed by atoms with Crippen molar-refractivity contribution in [2.45, 2.75) is 67.7 Å². The molecule has 1 aromatic heterocycles. The second-order valence-corrected chi connectivity index (χ2v) is 12.8. The van der Waals surface area contributed by atoms with Gasteiger partial charge in [0.15, 0.2) is 0 Å². The summed E-state index contributed by atoms with van der Waals surface area (Å²) in [5, 5.41) is 17.5. The van der Waals surface area contributed by atoms with Crippen LogP contribution >= 0.6 is 11.8 Å². The Labute approximate surface area is 243 Å². The van der Waals surface area contributed by atoms with Gasteiger partial charge in [-0.2, -0.15) is 0 Å². The van der Waals surface area contributed by atoms with Crippen LogP contribution in [-0.4, -0.2) is 90.0 Å². The maximum atomic E-state index is 14.5. The lowest BCUT2D eigenvalue weighted by Crippen LogP contribution is -2.53. The highest BCUT2D eigenvalue weighted by Crippen LogP contribution is 2.60. The molecular formula is C30H37N5O5S. The molecular weight excluding hydrogens is 542 g/mol. The van der Waals surface area contributed by atoms with Gasteiger partial charge in [-0.25, -0.2) is 4.68 Å². The number of aliphatic hydroxyl groups excluding tert-OH is 1. The Hall–Kier alpha value is -3.18. The Morgan fingerprint density at radius 1 is 1.05 bits per heavy atom. The molecule has 2 amide bonds. The SMILES string of the molecule is O=C1OCCCC/C=C\[C@H]2S[C@]34C=CCN(Cn5nnc6ccccc65)C(=O)C3N(CCCCCCO)C(=O)[C@@H]4[C@@H]12. The van der Waals surface area contributed by atoms with E-state index in [1.54, 1.807) is 26.2 Å². The van der Waals surface area contributed by atoms with E-state index in [0.717, 1.165) is 49.6 Å². The van der Waals surface area contributed by atoms with Crippen molar-refractivity contribution < 1.29 is 24.2 Å². The molecule has 0 radical (unpaired) electrons. The second-order valence-electron chi connectivity index (χ2n) is 11.3. The van der Waals surface area contributed by atoms with Crippen LogP contribution in [0.4, 0.5) is 0 Å². The van der Waals surface area contributed by atoms with Gasteiger partial charge < -0.3 is 19.6 Å². The minimum absolute atomic E-state index is 0.140. The summed E-state index contributed by atoms with van der Waals surface area (Å²) in [4.78, 5) is 45.7. The number of aliphatic hydroxyl groups is 1. The normalized spacial score (nSPS) is 30.6. The number of likely N-dealkylation sites (tertiary alicyclic amines) is 1. The molecule has 2 fully saturated rings. The van der Waals surface area contributed by atoms with E-state index in [1.165, 1.54) is 0 Å². The van der Waals surface area contributed by atoms with Crippen molar-refractivity contribution >= 4 is 40.6 Å². The predicted molar refractivity (Wildman–Crippen MR) is 154 cm³/mol. The van der Waals surface area contributed by atoms with Crippen LogP contribution in [-0.2, 0) is 25.8 Å². The lowest BCUT2D eigenvalue weighted by Gasteiger charge is -2.35. The first-order valence-corrected chi connectivity index (χ1v) is 15.6. The lowest BCUT2D eigenvalue weighted by molar-refractivity contribution is -0.153. The molecule has 6 rings (SSSR count). The zero-order valence-corrected chi connectivity index (χ0v) is 24.0. The molecule has 2 saturated heterocycles. The summed E-state index contributed by atoms with van der Waals surface area (Å²) < 4.78 is 6.55. The van der Waals surface area contributed by atoms with E-state index >= 15 is 0 Å². The summed E-state index contributed by atoms with van der Waals surface area (Å²) in [7, 11) is 0. The van der Waals surface area contributed by atoms with Crippen molar-refractivity contribution in [1.29, 1.82) is 0 Å². The number of cyclic esters (lactones) is 1. The molecule has 0 aliphatic carbocycles. The number of hydrogen-bond acceptors (Lipinski definition) is 8. The fraction of sp³-hybridized carbons (Fsp3) is 0.567. The van der Waals surface area contributed by atoms with Crippen LogP contribution < -0.4 is 0 Å². The molecule has 2 aromatic rings. The number of hydrogen-bond donors (Lipinski definition) is 1. The van der Waals surface area contributed by atoms with Crippen LogP contribution in [0.5, 0.6) is 0 Å². The maximum Gasteiger partial charge on any atom is 0.311 e.